The maximum atomic E-state index is 11.9. The molecule has 0 spiro atoms. The van der Waals surface area contributed by atoms with Crippen LogP contribution in [0.25, 0.3) is 0 Å². The predicted molar refractivity (Wildman–Crippen MR) is 45.5 cm³/mol. The third-order valence-electron chi connectivity index (χ3n) is 1.39. The summed E-state index contributed by atoms with van der Waals surface area (Å²) in [4.78, 5) is 0. The van der Waals surface area contributed by atoms with Crippen LogP contribution in [0, 0.1) is 0 Å². The Labute approximate surface area is 75.8 Å². The molecule has 0 fully saturated rings. The van der Waals surface area contributed by atoms with Gasteiger partial charge in [-0.05, 0) is 6.42 Å². The summed E-state index contributed by atoms with van der Waals surface area (Å²) in [5.74, 6) is 0. The summed E-state index contributed by atoms with van der Waals surface area (Å²) in [5.41, 5.74) is -0.794. The molecule has 0 saturated heterocycles. The van der Waals surface area contributed by atoms with E-state index in [1.165, 1.54) is 7.11 Å². The van der Waals surface area contributed by atoms with Gasteiger partial charge < -0.3 is 22.4 Å². The summed E-state index contributed by atoms with van der Waals surface area (Å²) < 4.78 is 45.1. The molecule has 0 saturated carbocycles. The van der Waals surface area contributed by atoms with E-state index < -0.39 is 19.1 Å². The van der Waals surface area contributed by atoms with Crippen molar-refractivity contribution in [2.75, 3.05) is 26.9 Å². The van der Waals surface area contributed by atoms with E-state index in [-0.39, 0.29) is 6.61 Å². The van der Waals surface area contributed by atoms with Crippen LogP contribution < -0.4 is 0 Å². The quantitative estimate of drug-likeness (QED) is 0.458. The zero-order valence-electron chi connectivity index (χ0n) is 7.56. The Kier molecular flexibility index (Phi) is 5.82. The lowest BCUT2D eigenvalue weighted by atomic mass is 9.81. The van der Waals surface area contributed by atoms with Crippen molar-refractivity contribution in [1.29, 1.82) is 0 Å². The summed E-state index contributed by atoms with van der Waals surface area (Å²) in [5, 5.41) is 0. The lowest BCUT2D eigenvalue weighted by molar-refractivity contribution is 0.117. The molecular weight excluding hydrogens is 184 g/mol. The van der Waals surface area contributed by atoms with E-state index in [4.69, 9.17) is 9.47 Å². The highest BCUT2D eigenvalue weighted by atomic mass is 19.4. The smallest absolute Gasteiger partial charge is 0.445 e. The van der Waals surface area contributed by atoms with E-state index in [0.29, 0.717) is 13.0 Å². The highest BCUT2D eigenvalue weighted by Crippen LogP contribution is 2.17. The van der Waals surface area contributed by atoms with E-state index in [0.717, 1.165) is 0 Å². The number of methoxy groups -OCH3 is 1. The molecular formula is C7H13BF3O2-. The second kappa shape index (κ2) is 6.04. The first-order valence-electron chi connectivity index (χ1n) is 3.92. The van der Waals surface area contributed by atoms with Crippen LogP contribution in [0.4, 0.5) is 12.9 Å². The van der Waals surface area contributed by atoms with Crippen molar-refractivity contribution in [2.45, 2.75) is 6.42 Å². The first-order valence-corrected chi connectivity index (χ1v) is 3.92. The van der Waals surface area contributed by atoms with Gasteiger partial charge in [-0.25, -0.2) is 0 Å². The minimum absolute atomic E-state index is 0.263. The van der Waals surface area contributed by atoms with Crippen molar-refractivity contribution in [2.24, 2.45) is 0 Å². The molecule has 13 heavy (non-hydrogen) atoms. The number of halogens is 3. The van der Waals surface area contributed by atoms with Gasteiger partial charge >= 0.3 is 6.98 Å². The Morgan fingerprint density at radius 1 is 1.31 bits per heavy atom. The Hall–Kier alpha value is -0.485. The molecule has 0 aliphatic heterocycles. The van der Waals surface area contributed by atoms with Crippen LogP contribution in [0.15, 0.2) is 12.1 Å². The number of ether oxygens (including phenoxy) is 2. The molecule has 78 valence electrons. The largest absolute Gasteiger partial charge is 0.507 e. The van der Waals surface area contributed by atoms with Gasteiger partial charge in [0.15, 0.2) is 0 Å². The molecule has 0 N–H and O–H groups in total. The zero-order valence-corrected chi connectivity index (χ0v) is 7.56. The second-order valence-corrected chi connectivity index (χ2v) is 2.63. The molecule has 0 aromatic heterocycles. The van der Waals surface area contributed by atoms with Crippen molar-refractivity contribution < 1.29 is 22.4 Å². The second-order valence-electron chi connectivity index (χ2n) is 2.63. The van der Waals surface area contributed by atoms with Crippen molar-refractivity contribution in [3.63, 3.8) is 0 Å². The van der Waals surface area contributed by atoms with E-state index in [1.54, 1.807) is 0 Å². The molecule has 0 bridgehead atoms. The van der Waals surface area contributed by atoms with Gasteiger partial charge in [0.25, 0.3) is 0 Å². The minimum atomic E-state index is -4.95. The molecule has 0 unspecified atom stereocenters. The average Bonchev–Trinajstić information content (AvgIpc) is 2.02. The lowest BCUT2D eigenvalue weighted by Crippen LogP contribution is -2.22. The highest BCUT2D eigenvalue weighted by molar-refractivity contribution is 6.66. The van der Waals surface area contributed by atoms with E-state index in [2.05, 4.69) is 6.58 Å². The molecule has 2 nitrogen and oxygen atoms in total. The fourth-order valence-corrected chi connectivity index (χ4v) is 0.603. The van der Waals surface area contributed by atoms with Crippen LogP contribution in [0.2, 0.25) is 0 Å². The van der Waals surface area contributed by atoms with Crippen molar-refractivity contribution in [3.05, 3.63) is 12.1 Å². The molecule has 0 amide bonds. The summed E-state index contributed by atoms with van der Waals surface area (Å²) in [7, 11) is 1.53. The van der Waals surface area contributed by atoms with Crippen molar-refractivity contribution >= 4 is 6.98 Å². The third-order valence-corrected chi connectivity index (χ3v) is 1.39. The molecule has 6 heteroatoms. The van der Waals surface area contributed by atoms with Gasteiger partial charge in [0, 0.05) is 26.9 Å². The first kappa shape index (κ1) is 12.5. The lowest BCUT2D eigenvalue weighted by Gasteiger charge is -2.17. The van der Waals surface area contributed by atoms with E-state index >= 15 is 0 Å². The van der Waals surface area contributed by atoms with Gasteiger partial charge in [0.1, 0.15) is 0 Å². The predicted octanol–water partition coefficient (Wildman–Crippen LogP) is 1.98. The SMILES string of the molecule is C=C(COCCCOC)[B-](F)(F)F. The summed E-state index contributed by atoms with van der Waals surface area (Å²) >= 11 is 0. The molecule has 0 aromatic rings. The monoisotopic (exact) mass is 197 g/mol. The Morgan fingerprint density at radius 2 is 1.92 bits per heavy atom. The van der Waals surface area contributed by atoms with E-state index in [1.807, 2.05) is 0 Å². The third kappa shape index (κ3) is 6.66. The van der Waals surface area contributed by atoms with Crippen LogP contribution in [0.5, 0.6) is 0 Å². The molecule has 0 radical (unpaired) electrons. The van der Waals surface area contributed by atoms with Gasteiger partial charge in [-0.15, -0.1) is 12.1 Å². The van der Waals surface area contributed by atoms with Crippen LogP contribution in [-0.4, -0.2) is 33.9 Å². The van der Waals surface area contributed by atoms with Crippen LogP contribution in [0.1, 0.15) is 6.42 Å². The van der Waals surface area contributed by atoms with Gasteiger partial charge in [0.05, 0.1) is 0 Å². The average molecular weight is 197 g/mol. The Morgan fingerprint density at radius 3 is 2.38 bits per heavy atom. The molecule has 0 atom stereocenters. The fraction of sp³-hybridized carbons (Fsp3) is 0.714. The maximum absolute atomic E-state index is 11.9. The van der Waals surface area contributed by atoms with Crippen LogP contribution >= 0.6 is 0 Å². The summed E-state index contributed by atoms with van der Waals surface area (Å²) in [6.07, 6.45) is 0.592. The number of hydrogen-bond acceptors (Lipinski definition) is 2. The first-order chi connectivity index (χ1) is 5.98. The van der Waals surface area contributed by atoms with Gasteiger partial charge in [-0.2, -0.15) is 0 Å². The van der Waals surface area contributed by atoms with Crippen LogP contribution in [-0.2, 0) is 9.47 Å². The van der Waals surface area contributed by atoms with Crippen LogP contribution in [0.3, 0.4) is 0 Å². The molecule has 0 aromatic carbocycles. The number of hydrogen-bond donors (Lipinski definition) is 0. The summed E-state index contributed by atoms with van der Waals surface area (Å²) in [6, 6.07) is 0. The zero-order chi connectivity index (χ0) is 10.3. The minimum Gasteiger partial charge on any atom is -0.445 e. The maximum Gasteiger partial charge on any atom is 0.507 e. The highest BCUT2D eigenvalue weighted by Gasteiger charge is 2.26. The normalized spacial score (nSPS) is 11.7. The summed E-state index contributed by atoms with van der Waals surface area (Å²) in [6.45, 7) is -1.74. The molecule has 0 aliphatic rings. The van der Waals surface area contributed by atoms with Gasteiger partial charge in [0.2, 0.25) is 0 Å². The Bertz CT molecular complexity index is 158. The molecule has 0 heterocycles. The van der Waals surface area contributed by atoms with Gasteiger partial charge in [-0.1, -0.05) is 0 Å². The number of rotatable bonds is 7. The fourth-order valence-electron chi connectivity index (χ4n) is 0.603. The van der Waals surface area contributed by atoms with Gasteiger partial charge in [-0.3, -0.25) is 0 Å². The molecule has 0 rings (SSSR count). The topological polar surface area (TPSA) is 18.5 Å². The van der Waals surface area contributed by atoms with Crippen molar-refractivity contribution in [3.8, 4) is 0 Å². The van der Waals surface area contributed by atoms with E-state index in [9.17, 15) is 12.9 Å². The molecule has 0 aliphatic carbocycles. The standard InChI is InChI=1S/C7H13BF3O2/c1-7(8(9,10)11)6-13-5-3-4-12-2/h1,3-6H2,2H3/q-1. The Balaban J connectivity index is 3.38. The van der Waals surface area contributed by atoms with Crippen molar-refractivity contribution in [1.82, 2.24) is 0 Å².